The first kappa shape index (κ1) is 13.6. The number of fused-ring (bicyclic) bond motifs is 2. The largest absolute Gasteiger partial charge is 0.361 e. The van der Waals surface area contributed by atoms with Crippen molar-refractivity contribution in [3.05, 3.63) is 65.9 Å². The van der Waals surface area contributed by atoms with Gasteiger partial charge in [-0.05, 0) is 35.2 Å². The maximum atomic E-state index is 12.3. The zero-order valence-electron chi connectivity index (χ0n) is 12.3. The number of hydrogen-bond donors (Lipinski definition) is 3. The Bertz CT molecular complexity index is 913. The third-order valence-electron chi connectivity index (χ3n) is 4.11. The van der Waals surface area contributed by atoms with E-state index >= 15 is 0 Å². The van der Waals surface area contributed by atoms with Crippen LogP contribution in [0.4, 0.5) is 5.69 Å². The summed E-state index contributed by atoms with van der Waals surface area (Å²) in [5.74, 6) is -0.246. The SMILES string of the molecule is O=C(C[C@@H]1NC(=O)c2ccccc21)Nc1ccc2cc[nH]c2c1. The zero-order valence-corrected chi connectivity index (χ0v) is 12.3. The van der Waals surface area contributed by atoms with Crippen LogP contribution in [0.15, 0.2) is 54.7 Å². The average molecular weight is 305 g/mol. The van der Waals surface area contributed by atoms with Crippen LogP contribution >= 0.6 is 0 Å². The van der Waals surface area contributed by atoms with Crippen LogP contribution in [0.3, 0.4) is 0 Å². The molecule has 1 aliphatic rings. The molecule has 3 aromatic rings. The Hall–Kier alpha value is -3.08. The van der Waals surface area contributed by atoms with Gasteiger partial charge in [0.1, 0.15) is 0 Å². The Morgan fingerprint density at radius 1 is 1.13 bits per heavy atom. The smallest absolute Gasteiger partial charge is 0.252 e. The van der Waals surface area contributed by atoms with Crippen molar-refractivity contribution >= 4 is 28.4 Å². The number of amides is 2. The summed E-state index contributed by atoms with van der Waals surface area (Å²) in [4.78, 5) is 27.3. The molecule has 0 radical (unpaired) electrons. The molecule has 1 aromatic heterocycles. The van der Waals surface area contributed by atoms with Gasteiger partial charge in [-0.3, -0.25) is 9.59 Å². The number of carbonyl (C=O) groups excluding carboxylic acids is 2. The second kappa shape index (κ2) is 5.28. The Kier molecular flexibility index (Phi) is 3.12. The number of aromatic nitrogens is 1. The highest BCUT2D eigenvalue weighted by Crippen LogP contribution is 2.28. The quantitative estimate of drug-likeness (QED) is 0.696. The van der Waals surface area contributed by atoms with Crippen molar-refractivity contribution in [1.29, 1.82) is 0 Å². The topological polar surface area (TPSA) is 74.0 Å². The molecular weight excluding hydrogens is 290 g/mol. The molecule has 0 unspecified atom stereocenters. The summed E-state index contributed by atoms with van der Waals surface area (Å²) in [5.41, 5.74) is 3.25. The minimum Gasteiger partial charge on any atom is -0.361 e. The fourth-order valence-corrected chi connectivity index (χ4v) is 3.01. The Morgan fingerprint density at radius 2 is 2.00 bits per heavy atom. The molecule has 114 valence electrons. The number of hydrogen-bond acceptors (Lipinski definition) is 2. The maximum Gasteiger partial charge on any atom is 0.252 e. The molecule has 0 bridgehead atoms. The minimum absolute atomic E-state index is 0.119. The van der Waals surface area contributed by atoms with Gasteiger partial charge in [0.15, 0.2) is 0 Å². The van der Waals surface area contributed by atoms with Gasteiger partial charge >= 0.3 is 0 Å². The summed E-state index contributed by atoms with van der Waals surface area (Å²) in [6, 6.07) is 14.8. The molecule has 0 saturated heterocycles. The predicted octanol–water partition coefficient (Wildman–Crippen LogP) is 2.98. The van der Waals surface area contributed by atoms with Gasteiger partial charge in [-0.1, -0.05) is 24.3 Å². The lowest BCUT2D eigenvalue weighted by molar-refractivity contribution is -0.116. The molecule has 23 heavy (non-hydrogen) atoms. The van der Waals surface area contributed by atoms with E-state index in [0.29, 0.717) is 5.56 Å². The van der Waals surface area contributed by atoms with Crippen LogP contribution in [0.2, 0.25) is 0 Å². The zero-order chi connectivity index (χ0) is 15.8. The Labute approximate surface area is 132 Å². The molecule has 2 aromatic carbocycles. The summed E-state index contributed by atoms with van der Waals surface area (Å²) in [5, 5.41) is 6.84. The van der Waals surface area contributed by atoms with Crippen molar-refractivity contribution in [2.45, 2.75) is 12.5 Å². The van der Waals surface area contributed by atoms with Crippen LogP contribution in [0.5, 0.6) is 0 Å². The first-order valence-electron chi connectivity index (χ1n) is 7.47. The molecule has 0 fully saturated rings. The lowest BCUT2D eigenvalue weighted by atomic mass is 10.0. The van der Waals surface area contributed by atoms with Crippen molar-refractivity contribution in [2.24, 2.45) is 0 Å². The van der Waals surface area contributed by atoms with Gasteiger partial charge in [-0.2, -0.15) is 0 Å². The highest BCUT2D eigenvalue weighted by Gasteiger charge is 2.29. The number of anilines is 1. The summed E-state index contributed by atoms with van der Waals surface area (Å²) in [7, 11) is 0. The number of nitrogens with one attached hydrogen (secondary N) is 3. The summed E-state index contributed by atoms with van der Waals surface area (Å²) < 4.78 is 0. The number of benzene rings is 2. The van der Waals surface area contributed by atoms with Crippen LogP contribution in [0.1, 0.15) is 28.4 Å². The molecule has 1 aliphatic heterocycles. The molecule has 3 N–H and O–H groups in total. The van der Waals surface area contributed by atoms with E-state index in [1.165, 1.54) is 0 Å². The van der Waals surface area contributed by atoms with Gasteiger partial charge in [0.25, 0.3) is 5.91 Å². The summed E-state index contributed by atoms with van der Waals surface area (Å²) >= 11 is 0. The molecular formula is C18H15N3O2. The van der Waals surface area contributed by atoms with E-state index in [1.807, 2.05) is 48.7 Å². The number of H-pyrrole nitrogens is 1. The lowest BCUT2D eigenvalue weighted by Gasteiger charge is -2.12. The van der Waals surface area contributed by atoms with E-state index in [1.54, 1.807) is 6.07 Å². The van der Waals surface area contributed by atoms with Crippen LogP contribution in [-0.4, -0.2) is 16.8 Å². The van der Waals surface area contributed by atoms with Crippen molar-refractivity contribution < 1.29 is 9.59 Å². The predicted molar refractivity (Wildman–Crippen MR) is 88.2 cm³/mol. The molecule has 2 amide bonds. The van der Waals surface area contributed by atoms with Crippen LogP contribution in [-0.2, 0) is 4.79 Å². The van der Waals surface area contributed by atoms with Gasteiger partial charge in [0.05, 0.1) is 12.5 Å². The Balaban J connectivity index is 1.49. The minimum atomic E-state index is -0.270. The van der Waals surface area contributed by atoms with Gasteiger partial charge in [-0.25, -0.2) is 0 Å². The molecule has 1 atom stereocenters. The molecule has 5 nitrogen and oxygen atoms in total. The highest BCUT2D eigenvalue weighted by molar-refractivity contribution is 6.01. The molecule has 4 rings (SSSR count). The number of carbonyl (C=O) groups is 2. The van der Waals surface area contributed by atoms with E-state index < -0.39 is 0 Å². The normalized spacial score (nSPS) is 16.2. The number of aromatic amines is 1. The third kappa shape index (κ3) is 2.46. The van der Waals surface area contributed by atoms with Gasteiger partial charge in [0, 0.05) is 23.0 Å². The summed E-state index contributed by atoms with van der Waals surface area (Å²) in [6.07, 6.45) is 2.08. The molecule has 2 heterocycles. The lowest BCUT2D eigenvalue weighted by Crippen LogP contribution is -2.24. The van der Waals surface area contributed by atoms with Gasteiger partial charge in [0.2, 0.25) is 5.91 Å². The average Bonchev–Trinajstić information content (AvgIpc) is 3.12. The van der Waals surface area contributed by atoms with Gasteiger partial charge < -0.3 is 15.6 Å². The van der Waals surface area contributed by atoms with Crippen LogP contribution in [0.25, 0.3) is 10.9 Å². The summed E-state index contributed by atoms with van der Waals surface area (Å²) in [6.45, 7) is 0. The number of rotatable bonds is 3. The second-order valence-corrected chi connectivity index (χ2v) is 5.65. The van der Waals surface area contributed by atoms with Crippen molar-refractivity contribution in [3.8, 4) is 0 Å². The standard InChI is InChI=1S/C18H15N3O2/c22-17(20-12-6-5-11-7-8-19-15(11)9-12)10-16-13-3-1-2-4-14(13)18(23)21-16/h1-9,16,19H,10H2,(H,20,22)(H,21,23)/t16-/m0/s1. The maximum absolute atomic E-state index is 12.3. The molecule has 5 heteroatoms. The van der Waals surface area contributed by atoms with E-state index in [-0.39, 0.29) is 24.3 Å². The van der Waals surface area contributed by atoms with Crippen molar-refractivity contribution in [2.75, 3.05) is 5.32 Å². The monoisotopic (exact) mass is 305 g/mol. The van der Waals surface area contributed by atoms with E-state index in [2.05, 4.69) is 15.6 Å². The van der Waals surface area contributed by atoms with Gasteiger partial charge in [-0.15, -0.1) is 0 Å². The van der Waals surface area contributed by atoms with E-state index in [9.17, 15) is 9.59 Å². The second-order valence-electron chi connectivity index (χ2n) is 5.65. The molecule has 0 aliphatic carbocycles. The first-order valence-corrected chi connectivity index (χ1v) is 7.47. The van der Waals surface area contributed by atoms with Crippen molar-refractivity contribution in [3.63, 3.8) is 0 Å². The molecule has 0 spiro atoms. The first-order chi connectivity index (χ1) is 11.2. The highest BCUT2D eigenvalue weighted by atomic mass is 16.2. The fourth-order valence-electron chi connectivity index (χ4n) is 3.01. The fraction of sp³-hybridized carbons (Fsp3) is 0.111. The van der Waals surface area contributed by atoms with Crippen LogP contribution in [0, 0.1) is 0 Å². The molecule has 0 saturated carbocycles. The van der Waals surface area contributed by atoms with Crippen LogP contribution < -0.4 is 10.6 Å². The van der Waals surface area contributed by atoms with E-state index in [0.717, 1.165) is 22.2 Å². The Morgan fingerprint density at radius 3 is 2.91 bits per heavy atom. The van der Waals surface area contributed by atoms with Crippen molar-refractivity contribution in [1.82, 2.24) is 10.3 Å². The third-order valence-corrected chi connectivity index (χ3v) is 4.11. The van der Waals surface area contributed by atoms with E-state index in [4.69, 9.17) is 0 Å².